The van der Waals surface area contributed by atoms with Crippen LogP contribution >= 0.6 is 23.2 Å². The van der Waals surface area contributed by atoms with Crippen LogP contribution in [0.4, 0.5) is 0 Å². The Balaban J connectivity index is 2.06. The lowest BCUT2D eigenvalue weighted by Gasteiger charge is -2.08. The second kappa shape index (κ2) is 6.54. The van der Waals surface area contributed by atoms with Crippen molar-refractivity contribution in [3.63, 3.8) is 0 Å². The van der Waals surface area contributed by atoms with Crippen molar-refractivity contribution in [1.82, 2.24) is 9.71 Å². The smallest absolute Gasteiger partial charge is 0.242 e. The molecule has 0 bridgehead atoms. The summed E-state index contributed by atoms with van der Waals surface area (Å²) in [5.74, 6) is 0. The number of aromatic nitrogens is 1. The summed E-state index contributed by atoms with van der Waals surface area (Å²) in [4.78, 5) is 4.10. The van der Waals surface area contributed by atoms with Crippen molar-refractivity contribution in [2.24, 2.45) is 0 Å². The zero-order valence-electron chi connectivity index (χ0n) is 10.4. The van der Waals surface area contributed by atoms with Gasteiger partial charge in [0.25, 0.3) is 0 Å². The summed E-state index contributed by atoms with van der Waals surface area (Å²) in [7, 11) is -3.68. The van der Waals surface area contributed by atoms with Crippen molar-refractivity contribution in [2.75, 3.05) is 6.54 Å². The van der Waals surface area contributed by atoms with Gasteiger partial charge in [-0.1, -0.05) is 35.3 Å². The maximum atomic E-state index is 12.1. The van der Waals surface area contributed by atoms with E-state index in [9.17, 15) is 8.42 Å². The van der Waals surface area contributed by atoms with Crippen LogP contribution < -0.4 is 4.72 Å². The molecular weight excluding hydrogens is 319 g/mol. The van der Waals surface area contributed by atoms with Crippen LogP contribution in [0, 0.1) is 0 Å². The highest BCUT2D eigenvalue weighted by Gasteiger charge is 2.18. The first-order chi connectivity index (χ1) is 9.50. The molecule has 1 aromatic heterocycles. The molecule has 0 aliphatic rings. The van der Waals surface area contributed by atoms with E-state index in [0.717, 1.165) is 5.69 Å². The summed E-state index contributed by atoms with van der Waals surface area (Å²) >= 11 is 11.7. The fraction of sp³-hybridized carbons (Fsp3) is 0.154. The third-order valence-corrected chi connectivity index (χ3v) is 5.04. The molecule has 20 heavy (non-hydrogen) atoms. The van der Waals surface area contributed by atoms with Gasteiger partial charge in [-0.05, 0) is 24.3 Å². The van der Waals surface area contributed by atoms with Crippen LogP contribution in [0.15, 0.2) is 47.5 Å². The molecule has 0 saturated heterocycles. The van der Waals surface area contributed by atoms with Crippen molar-refractivity contribution >= 4 is 33.2 Å². The number of sulfonamides is 1. The SMILES string of the molecule is O=S(=O)(NCCc1ccccn1)c1cccc(Cl)c1Cl. The largest absolute Gasteiger partial charge is 0.261 e. The predicted octanol–water partition coefficient (Wildman–Crippen LogP) is 2.91. The summed E-state index contributed by atoms with van der Waals surface area (Å²) in [5, 5.41) is 0.235. The van der Waals surface area contributed by atoms with Crippen LogP contribution in [-0.4, -0.2) is 19.9 Å². The van der Waals surface area contributed by atoms with Gasteiger partial charge in [-0.3, -0.25) is 4.98 Å². The monoisotopic (exact) mass is 330 g/mol. The van der Waals surface area contributed by atoms with Crippen LogP contribution in [0.3, 0.4) is 0 Å². The molecule has 0 saturated carbocycles. The molecule has 0 amide bonds. The fourth-order valence-electron chi connectivity index (χ4n) is 1.63. The number of rotatable bonds is 5. The van der Waals surface area contributed by atoms with Gasteiger partial charge in [-0.15, -0.1) is 0 Å². The van der Waals surface area contributed by atoms with Gasteiger partial charge in [0, 0.05) is 24.9 Å². The molecule has 0 aliphatic carbocycles. The van der Waals surface area contributed by atoms with Crippen LogP contribution in [0.1, 0.15) is 5.69 Å². The topological polar surface area (TPSA) is 59.1 Å². The first kappa shape index (κ1) is 15.3. The Hall–Kier alpha value is -1.14. The Morgan fingerprint density at radius 1 is 1.10 bits per heavy atom. The lowest BCUT2D eigenvalue weighted by atomic mass is 10.3. The number of hydrogen-bond acceptors (Lipinski definition) is 3. The number of pyridine rings is 1. The van der Waals surface area contributed by atoms with E-state index in [1.165, 1.54) is 12.1 Å². The van der Waals surface area contributed by atoms with Gasteiger partial charge in [-0.25, -0.2) is 13.1 Å². The Morgan fingerprint density at radius 2 is 1.90 bits per heavy atom. The highest BCUT2D eigenvalue weighted by Crippen LogP contribution is 2.28. The Bertz CT molecular complexity index is 691. The number of hydrogen-bond donors (Lipinski definition) is 1. The van der Waals surface area contributed by atoms with E-state index in [4.69, 9.17) is 23.2 Å². The van der Waals surface area contributed by atoms with Gasteiger partial charge in [0.05, 0.1) is 10.0 Å². The quantitative estimate of drug-likeness (QED) is 0.916. The van der Waals surface area contributed by atoms with Gasteiger partial charge in [0.15, 0.2) is 0 Å². The number of nitrogens with zero attached hydrogens (tertiary/aromatic N) is 1. The molecular formula is C13H12Cl2N2O2S. The molecule has 0 fully saturated rings. The molecule has 0 atom stereocenters. The lowest BCUT2D eigenvalue weighted by molar-refractivity contribution is 0.581. The van der Waals surface area contributed by atoms with Crippen molar-refractivity contribution in [1.29, 1.82) is 0 Å². The molecule has 106 valence electrons. The summed E-state index contributed by atoms with van der Waals surface area (Å²) in [6, 6.07) is 9.99. The van der Waals surface area contributed by atoms with Crippen molar-refractivity contribution in [3.05, 3.63) is 58.3 Å². The normalized spacial score (nSPS) is 11.5. The predicted molar refractivity (Wildman–Crippen MR) is 79.6 cm³/mol. The molecule has 4 nitrogen and oxygen atoms in total. The standard InChI is InChI=1S/C13H12Cl2N2O2S/c14-11-5-3-6-12(13(11)15)20(18,19)17-9-7-10-4-1-2-8-16-10/h1-6,8,17H,7,9H2. The van der Waals surface area contributed by atoms with Crippen molar-refractivity contribution < 1.29 is 8.42 Å². The Morgan fingerprint density at radius 3 is 2.60 bits per heavy atom. The van der Waals surface area contributed by atoms with Crippen molar-refractivity contribution in [2.45, 2.75) is 11.3 Å². The van der Waals surface area contributed by atoms with E-state index in [0.29, 0.717) is 6.42 Å². The highest BCUT2D eigenvalue weighted by atomic mass is 35.5. The van der Waals surface area contributed by atoms with Gasteiger partial charge in [0.2, 0.25) is 10.0 Å². The molecule has 1 N–H and O–H groups in total. The minimum atomic E-state index is -3.68. The second-order valence-corrected chi connectivity index (χ2v) is 6.54. The first-order valence-corrected chi connectivity index (χ1v) is 8.08. The molecule has 2 rings (SSSR count). The van der Waals surface area contributed by atoms with E-state index in [2.05, 4.69) is 9.71 Å². The molecule has 0 spiro atoms. The minimum Gasteiger partial charge on any atom is -0.261 e. The molecule has 7 heteroatoms. The van der Waals surface area contributed by atoms with Gasteiger partial charge in [0.1, 0.15) is 4.90 Å². The third-order valence-electron chi connectivity index (χ3n) is 2.61. The maximum Gasteiger partial charge on any atom is 0.242 e. The van der Waals surface area contributed by atoms with Crippen LogP contribution in [-0.2, 0) is 16.4 Å². The Kier molecular flexibility index (Phi) is 4.99. The summed E-state index contributed by atoms with van der Waals surface area (Å²) in [5.41, 5.74) is 0.812. The summed E-state index contributed by atoms with van der Waals surface area (Å²) in [6.07, 6.45) is 2.16. The van der Waals surface area contributed by atoms with Crippen LogP contribution in [0.25, 0.3) is 0 Å². The summed E-state index contributed by atoms with van der Waals surface area (Å²) in [6.45, 7) is 0.238. The van der Waals surface area contributed by atoms with Gasteiger partial charge in [-0.2, -0.15) is 0 Å². The van der Waals surface area contributed by atoms with Crippen LogP contribution in [0.5, 0.6) is 0 Å². The van der Waals surface area contributed by atoms with Gasteiger partial charge < -0.3 is 0 Å². The van der Waals surface area contributed by atoms with E-state index in [-0.39, 0.29) is 21.5 Å². The third kappa shape index (κ3) is 3.70. The van der Waals surface area contributed by atoms with E-state index >= 15 is 0 Å². The molecule has 1 aromatic carbocycles. The molecule has 0 unspecified atom stereocenters. The van der Waals surface area contributed by atoms with E-state index in [1.54, 1.807) is 18.3 Å². The minimum absolute atomic E-state index is 0.0207. The maximum absolute atomic E-state index is 12.1. The molecule has 1 heterocycles. The number of benzene rings is 1. The number of halogens is 2. The zero-order valence-corrected chi connectivity index (χ0v) is 12.7. The fourth-order valence-corrected chi connectivity index (χ4v) is 3.42. The van der Waals surface area contributed by atoms with E-state index < -0.39 is 10.0 Å². The van der Waals surface area contributed by atoms with Crippen LogP contribution in [0.2, 0.25) is 10.0 Å². The molecule has 2 aromatic rings. The molecule has 0 radical (unpaired) electrons. The molecule has 0 aliphatic heterocycles. The zero-order chi connectivity index (χ0) is 14.6. The van der Waals surface area contributed by atoms with Crippen molar-refractivity contribution in [3.8, 4) is 0 Å². The van der Waals surface area contributed by atoms with E-state index in [1.807, 2.05) is 12.1 Å². The average Bonchev–Trinajstić information content (AvgIpc) is 2.42. The average molecular weight is 331 g/mol. The lowest BCUT2D eigenvalue weighted by Crippen LogP contribution is -2.26. The highest BCUT2D eigenvalue weighted by molar-refractivity contribution is 7.89. The van der Waals surface area contributed by atoms with Gasteiger partial charge >= 0.3 is 0 Å². The second-order valence-electron chi connectivity index (χ2n) is 4.02. The first-order valence-electron chi connectivity index (χ1n) is 5.84. The Labute approximate surface area is 127 Å². The number of nitrogens with one attached hydrogen (secondary N) is 1. The summed E-state index contributed by atoms with van der Waals surface area (Å²) < 4.78 is 26.7.